The van der Waals surface area contributed by atoms with E-state index in [0.717, 1.165) is 35.1 Å². The van der Waals surface area contributed by atoms with E-state index in [1.807, 2.05) is 37.3 Å². The Morgan fingerprint density at radius 3 is 2.92 bits per heavy atom. The number of amides is 1. The third-order valence-electron chi connectivity index (χ3n) is 4.30. The molecule has 1 N–H and O–H groups in total. The van der Waals surface area contributed by atoms with Gasteiger partial charge in [-0.15, -0.1) is 16.8 Å². The molecule has 1 aliphatic rings. The predicted octanol–water partition coefficient (Wildman–Crippen LogP) is 3.15. The van der Waals surface area contributed by atoms with Crippen molar-refractivity contribution in [1.82, 2.24) is 20.1 Å². The molecule has 0 radical (unpaired) electrons. The number of benzene rings is 1. The smallest absolute Gasteiger partial charge is 0.233 e. The number of allylic oxidation sites excluding steroid dienone is 1. The second kappa shape index (κ2) is 8.40. The minimum absolute atomic E-state index is 0.0398. The van der Waals surface area contributed by atoms with Crippen LogP contribution in [0.5, 0.6) is 5.75 Å². The monoisotopic (exact) mass is 372 g/mol. The van der Waals surface area contributed by atoms with Crippen LogP contribution in [0.2, 0.25) is 0 Å². The van der Waals surface area contributed by atoms with Crippen LogP contribution in [0.25, 0.3) is 0 Å². The maximum Gasteiger partial charge on any atom is 0.233 e. The van der Waals surface area contributed by atoms with E-state index in [2.05, 4.69) is 26.7 Å². The number of thioether (sulfide) groups is 1. The van der Waals surface area contributed by atoms with Crippen molar-refractivity contribution in [2.45, 2.75) is 49.2 Å². The zero-order valence-electron chi connectivity index (χ0n) is 15.1. The van der Waals surface area contributed by atoms with Crippen LogP contribution in [0, 0.1) is 0 Å². The van der Waals surface area contributed by atoms with Crippen molar-refractivity contribution in [3.8, 4) is 5.75 Å². The maximum atomic E-state index is 12.5. The van der Waals surface area contributed by atoms with E-state index < -0.39 is 0 Å². The lowest BCUT2D eigenvalue weighted by Gasteiger charge is -2.14. The van der Waals surface area contributed by atoms with Gasteiger partial charge in [0, 0.05) is 24.6 Å². The number of hydrogen-bond donors (Lipinski definition) is 1. The SMILES string of the molecule is C=CCn1c(SC(C)C(=O)NCc2ccccc2OC)nnc1C1CC1. The molecule has 1 amide bonds. The zero-order valence-corrected chi connectivity index (χ0v) is 16.0. The Kier molecular flexibility index (Phi) is 5.98. The molecule has 1 atom stereocenters. The molecule has 0 bridgehead atoms. The van der Waals surface area contributed by atoms with Crippen LogP contribution in [0.1, 0.15) is 37.1 Å². The lowest BCUT2D eigenvalue weighted by atomic mass is 10.2. The molecular formula is C19H24N4O2S. The fraction of sp³-hybridized carbons (Fsp3) is 0.421. The van der Waals surface area contributed by atoms with E-state index in [0.29, 0.717) is 19.0 Å². The number of carbonyl (C=O) groups excluding carboxylic acids is 1. The number of carbonyl (C=O) groups is 1. The summed E-state index contributed by atoms with van der Waals surface area (Å²) in [6.45, 7) is 6.79. The van der Waals surface area contributed by atoms with Gasteiger partial charge in [-0.2, -0.15) is 0 Å². The van der Waals surface area contributed by atoms with Gasteiger partial charge in [-0.25, -0.2) is 0 Å². The first kappa shape index (κ1) is 18.5. The van der Waals surface area contributed by atoms with E-state index in [-0.39, 0.29) is 11.2 Å². The molecule has 0 saturated heterocycles. The molecule has 1 aromatic carbocycles. The minimum atomic E-state index is -0.274. The summed E-state index contributed by atoms with van der Waals surface area (Å²) in [6.07, 6.45) is 4.16. The van der Waals surface area contributed by atoms with E-state index >= 15 is 0 Å². The number of aromatic nitrogens is 3. The molecule has 1 fully saturated rings. The van der Waals surface area contributed by atoms with Crippen molar-refractivity contribution in [2.24, 2.45) is 0 Å². The van der Waals surface area contributed by atoms with Crippen LogP contribution in [0.3, 0.4) is 0 Å². The molecule has 7 heteroatoms. The normalized spacial score (nSPS) is 14.7. The first-order chi connectivity index (χ1) is 12.6. The molecular weight excluding hydrogens is 348 g/mol. The Morgan fingerprint density at radius 2 is 2.23 bits per heavy atom. The van der Waals surface area contributed by atoms with E-state index in [4.69, 9.17) is 4.74 Å². The Morgan fingerprint density at radius 1 is 1.46 bits per heavy atom. The number of rotatable bonds is 9. The van der Waals surface area contributed by atoms with Gasteiger partial charge in [0.05, 0.1) is 12.4 Å². The molecule has 1 aliphatic carbocycles. The van der Waals surface area contributed by atoms with Crippen LogP contribution in [0.15, 0.2) is 42.1 Å². The molecule has 0 aliphatic heterocycles. The highest BCUT2D eigenvalue weighted by molar-refractivity contribution is 8.00. The van der Waals surface area contributed by atoms with Gasteiger partial charge in [-0.3, -0.25) is 4.79 Å². The summed E-state index contributed by atoms with van der Waals surface area (Å²) in [5, 5.41) is 12.1. The average Bonchev–Trinajstić information content (AvgIpc) is 3.43. The second-order valence-electron chi connectivity index (χ2n) is 6.30. The van der Waals surface area contributed by atoms with Gasteiger partial charge < -0.3 is 14.6 Å². The van der Waals surface area contributed by atoms with E-state index in [9.17, 15) is 4.79 Å². The van der Waals surface area contributed by atoms with Gasteiger partial charge in [0.25, 0.3) is 0 Å². The van der Waals surface area contributed by atoms with Crippen LogP contribution in [-0.4, -0.2) is 33.0 Å². The van der Waals surface area contributed by atoms with Crippen LogP contribution >= 0.6 is 11.8 Å². The predicted molar refractivity (Wildman–Crippen MR) is 102 cm³/mol. The summed E-state index contributed by atoms with van der Waals surface area (Å²) in [5.74, 6) is 2.25. The fourth-order valence-electron chi connectivity index (χ4n) is 2.72. The summed E-state index contributed by atoms with van der Waals surface area (Å²) in [7, 11) is 1.63. The first-order valence-corrected chi connectivity index (χ1v) is 9.62. The Hall–Kier alpha value is -2.28. The summed E-state index contributed by atoms with van der Waals surface area (Å²) in [4.78, 5) is 12.5. The minimum Gasteiger partial charge on any atom is -0.496 e. The molecule has 1 unspecified atom stereocenters. The molecule has 6 nitrogen and oxygen atoms in total. The first-order valence-electron chi connectivity index (χ1n) is 8.74. The van der Waals surface area contributed by atoms with Gasteiger partial charge >= 0.3 is 0 Å². The van der Waals surface area contributed by atoms with E-state index in [1.165, 1.54) is 11.8 Å². The topological polar surface area (TPSA) is 69.0 Å². The van der Waals surface area contributed by atoms with Gasteiger partial charge in [-0.1, -0.05) is 36.0 Å². The highest BCUT2D eigenvalue weighted by Gasteiger charge is 2.30. The summed E-state index contributed by atoms with van der Waals surface area (Å²) in [6, 6.07) is 7.67. The highest BCUT2D eigenvalue weighted by Crippen LogP contribution is 2.40. The van der Waals surface area contributed by atoms with Crippen molar-refractivity contribution < 1.29 is 9.53 Å². The largest absolute Gasteiger partial charge is 0.496 e. The standard InChI is InChI=1S/C19H24N4O2S/c1-4-11-23-17(14-9-10-14)21-22-19(23)26-13(2)18(24)20-12-15-7-5-6-8-16(15)25-3/h4-8,13-14H,1,9-12H2,2-3H3,(H,20,24). The number of hydrogen-bond acceptors (Lipinski definition) is 5. The molecule has 1 heterocycles. The molecule has 138 valence electrons. The molecule has 1 saturated carbocycles. The number of para-hydroxylation sites is 1. The molecule has 0 spiro atoms. The molecule has 2 aromatic rings. The van der Waals surface area contributed by atoms with Crippen molar-refractivity contribution in [1.29, 1.82) is 0 Å². The number of ether oxygens (including phenoxy) is 1. The zero-order chi connectivity index (χ0) is 18.5. The summed E-state index contributed by atoms with van der Waals surface area (Å²) >= 11 is 1.43. The van der Waals surface area contributed by atoms with Gasteiger partial charge in [0.1, 0.15) is 11.6 Å². The quantitative estimate of drug-likeness (QED) is 0.541. The Labute approximate surface area is 158 Å². The highest BCUT2D eigenvalue weighted by atomic mass is 32.2. The average molecular weight is 372 g/mol. The van der Waals surface area contributed by atoms with E-state index in [1.54, 1.807) is 7.11 Å². The third kappa shape index (κ3) is 4.27. The molecule has 1 aromatic heterocycles. The van der Waals surface area contributed by atoms with Crippen molar-refractivity contribution in [3.63, 3.8) is 0 Å². The Bertz CT molecular complexity index is 786. The lowest BCUT2D eigenvalue weighted by Crippen LogP contribution is -2.30. The van der Waals surface area contributed by atoms with Crippen LogP contribution in [0.4, 0.5) is 0 Å². The maximum absolute atomic E-state index is 12.5. The number of nitrogens with one attached hydrogen (secondary N) is 1. The van der Waals surface area contributed by atoms with Gasteiger partial charge in [-0.05, 0) is 25.8 Å². The summed E-state index contributed by atoms with van der Waals surface area (Å²) in [5.41, 5.74) is 0.950. The van der Waals surface area contributed by atoms with Crippen molar-refractivity contribution in [2.75, 3.05) is 7.11 Å². The molecule has 26 heavy (non-hydrogen) atoms. The second-order valence-corrected chi connectivity index (χ2v) is 7.61. The Balaban J connectivity index is 1.61. The number of methoxy groups -OCH3 is 1. The van der Waals surface area contributed by atoms with Gasteiger partial charge in [0.2, 0.25) is 5.91 Å². The van der Waals surface area contributed by atoms with Crippen LogP contribution in [-0.2, 0) is 17.9 Å². The summed E-state index contributed by atoms with van der Waals surface area (Å²) < 4.78 is 7.39. The third-order valence-corrected chi connectivity index (χ3v) is 5.38. The van der Waals surface area contributed by atoms with Crippen molar-refractivity contribution in [3.05, 3.63) is 48.3 Å². The number of nitrogens with zero attached hydrogens (tertiary/aromatic N) is 3. The molecule has 3 rings (SSSR count). The van der Waals surface area contributed by atoms with Crippen molar-refractivity contribution >= 4 is 17.7 Å². The fourth-order valence-corrected chi connectivity index (χ4v) is 3.61. The van der Waals surface area contributed by atoms with Crippen LogP contribution < -0.4 is 10.1 Å². The van der Waals surface area contributed by atoms with Gasteiger partial charge in [0.15, 0.2) is 5.16 Å². The lowest BCUT2D eigenvalue weighted by molar-refractivity contribution is -0.120.